The molecule has 3 rings (SSSR count). The van der Waals surface area contributed by atoms with Gasteiger partial charge in [-0.3, -0.25) is 9.59 Å². The van der Waals surface area contributed by atoms with E-state index in [0.717, 1.165) is 23.6 Å². The first kappa shape index (κ1) is 25.1. The Morgan fingerprint density at radius 1 is 0.969 bits per heavy atom. The number of rotatable bonds is 8. The average Bonchev–Trinajstić information content (AvgIpc) is 2.78. The van der Waals surface area contributed by atoms with Crippen LogP contribution in [0.5, 0.6) is 5.75 Å². The Hall–Kier alpha value is -3.14. The van der Waals surface area contributed by atoms with Gasteiger partial charge in [0.2, 0.25) is 0 Å². The zero-order valence-electron chi connectivity index (χ0n) is 19.7. The van der Waals surface area contributed by atoms with Crippen LogP contribution in [0.1, 0.15) is 63.4 Å². The molecule has 0 spiro atoms. The summed E-state index contributed by atoms with van der Waals surface area (Å²) in [5.74, 6) is 0.0205. The summed E-state index contributed by atoms with van der Waals surface area (Å²) in [5.41, 5.74) is 1.41. The van der Waals surface area contributed by atoms with Crippen molar-refractivity contribution < 1.29 is 19.4 Å². The van der Waals surface area contributed by atoms with Crippen molar-refractivity contribution in [2.24, 2.45) is 5.41 Å². The molecule has 170 valence electrons. The Balaban J connectivity index is 0.000000390. The van der Waals surface area contributed by atoms with E-state index in [-0.39, 0.29) is 11.9 Å². The number of carbonyl (C=O) groups is 2. The van der Waals surface area contributed by atoms with E-state index < -0.39 is 11.4 Å². The highest BCUT2D eigenvalue weighted by Crippen LogP contribution is 2.31. The third-order valence-electron chi connectivity index (χ3n) is 5.72. The maximum absolute atomic E-state index is 12.0. The van der Waals surface area contributed by atoms with Crippen LogP contribution in [0.3, 0.4) is 0 Å². The summed E-state index contributed by atoms with van der Waals surface area (Å²) in [6.07, 6.45) is 2.59. The van der Waals surface area contributed by atoms with Gasteiger partial charge < -0.3 is 9.84 Å². The predicted molar refractivity (Wildman–Crippen MR) is 131 cm³/mol. The molecule has 0 aliphatic heterocycles. The molecular weight excluding hydrogens is 400 g/mol. The van der Waals surface area contributed by atoms with Gasteiger partial charge >= 0.3 is 5.97 Å². The fraction of sp³-hybridized carbons (Fsp3) is 0.357. The molecule has 0 radical (unpaired) electrons. The average molecular weight is 435 g/mol. The second-order valence-electron chi connectivity index (χ2n) is 8.71. The number of hydrogen-bond donors (Lipinski definition) is 1. The highest BCUT2D eigenvalue weighted by atomic mass is 16.5. The second kappa shape index (κ2) is 11.5. The van der Waals surface area contributed by atoms with Crippen LogP contribution in [0.2, 0.25) is 0 Å². The molecule has 0 saturated carbocycles. The van der Waals surface area contributed by atoms with Crippen LogP contribution in [0.25, 0.3) is 10.8 Å². The van der Waals surface area contributed by atoms with Crippen molar-refractivity contribution in [1.82, 2.24) is 0 Å². The standard InChI is InChI=1S/C22H22O2.C6H12O2/c1-16(12-13-18-8-4-3-5-9-18)24-22-20(17(2)23)15-14-19-10-6-7-11-21(19)22;1-4-6(2,3)5(7)8/h3-11,14-16H,12-13H2,1-2H3;4H2,1-3H3,(H,7,8). The normalized spacial score (nSPS) is 11.9. The van der Waals surface area contributed by atoms with Crippen LogP contribution in [0.4, 0.5) is 0 Å². The summed E-state index contributed by atoms with van der Waals surface area (Å²) >= 11 is 0. The van der Waals surface area contributed by atoms with Crippen LogP contribution < -0.4 is 4.74 Å². The summed E-state index contributed by atoms with van der Waals surface area (Å²) in [6.45, 7) is 8.96. The fourth-order valence-corrected chi connectivity index (χ4v) is 3.07. The molecule has 0 aliphatic rings. The van der Waals surface area contributed by atoms with E-state index in [1.165, 1.54) is 5.56 Å². The molecule has 4 nitrogen and oxygen atoms in total. The number of benzene rings is 3. The second-order valence-corrected chi connectivity index (χ2v) is 8.71. The van der Waals surface area contributed by atoms with E-state index in [4.69, 9.17) is 9.84 Å². The van der Waals surface area contributed by atoms with Crippen molar-refractivity contribution in [2.75, 3.05) is 0 Å². The minimum absolute atomic E-state index is 0.0333. The van der Waals surface area contributed by atoms with Gasteiger partial charge in [-0.15, -0.1) is 0 Å². The zero-order valence-corrected chi connectivity index (χ0v) is 19.7. The largest absolute Gasteiger partial charge is 0.489 e. The maximum Gasteiger partial charge on any atom is 0.309 e. The minimum Gasteiger partial charge on any atom is -0.489 e. The topological polar surface area (TPSA) is 63.6 Å². The molecule has 1 unspecified atom stereocenters. The number of ether oxygens (including phenoxy) is 1. The van der Waals surface area contributed by atoms with Crippen molar-refractivity contribution >= 4 is 22.5 Å². The van der Waals surface area contributed by atoms with Gasteiger partial charge in [-0.05, 0) is 64.0 Å². The molecule has 3 aromatic rings. The number of carboxylic acid groups (broad SMARTS) is 1. The summed E-state index contributed by atoms with van der Waals surface area (Å²) < 4.78 is 6.22. The van der Waals surface area contributed by atoms with Gasteiger partial charge in [-0.1, -0.05) is 67.6 Å². The lowest BCUT2D eigenvalue weighted by atomic mass is 9.91. The number of carbonyl (C=O) groups excluding carboxylic acids is 1. The van der Waals surface area contributed by atoms with E-state index in [2.05, 4.69) is 31.2 Å². The summed E-state index contributed by atoms with van der Waals surface area (Å²) in [5, 5.41) is 10.5. The number of ketones is 1. The van der Waals surface area contributed by atoms with Gasteiger partial charge in [0.15, 0.2) is 5.78 Å². The first-order valence-electron chi connectivity index (χ1n) is 11.1. The van der Waals surface area contributed by atoms with Crippen molar-refractivity contribution in [2.45, 2.75) is 60.0 Å². The Morgan fingerprint density at radius 2 is 1.59 bits per heavy atom. The lowest BCUT2D eigenvalue weighted by molar-refractivity contribution is -0.147. The minimum atomic E-state index is -0.722. The number of aliphatic carboxylic acids is 1. The van der Waals surface area contributed by atoms with Gasteiger partial charge in [-0.2, -0.15) is 0 Å². The SMILES string of the molecule is CC(=O)c1ccc2ccccc2c1OC(C)CCc1ccccc1.CCC(C)(C)C(=O)O. The molecule has 0 aromatic heterocycles. The zero-order chi connectivity index (χ0) is 23.7. The lowest BCUT2D eigenvalue weighted by Crippen LogP contribution is -2.21. The van der Waals surface area contributed by atoms with Gasteiger partial charge in [0.25, 0.3) is 0 Å². The van der Waals surface area contributed by atoms with Crippen molar-refractivity contribution in [3.63, 3.8) is 0 Å². The Kier molecular flexibility index (Phi) is 9.01. The third-order valence-corrected chi connectivity index (χ3v) is 5.72. The van der Waals surface area contributed by atoms with Crippen LogP contribution in [-0.4, -0.2) is 23.0 Å². The van der Waals surface area contributed by atoms with Gasteiger partial charge in [0.05, 0.1) is 17.1 Å². The molecule has 0 heterocycles. The monoisotopic (exact) mass is 434 g/mol. The summed E-state index contributed by atoms with van der Waals surface area (Å²) in [6, 6.07) is 22.3. The number of Topliss-reactive ketones (excluding diaryl/α,β-unsaturated/α-hetero) is 1. The van der Waals surface area contributed by atoms with Gasteiger partial charge in [0.1, 0.15) is 5.75 Å². The molecule has 0 aliphatic carbocycles. The van der Waals surface area contributed by atoms with Crippen LogP contribution in [0.15, 0.2) is 66.7 Å². The number of carboxylic acids is 1. The van der Waals surface area contributed by atoms with Crippen molar-refractivity contribution in [3.8, 4) is 5.75 Å². The Bertz CT molecular complexity index is 1040. The molecule has 0 amide bonds. The molecule has 3 aromatic carbocycles. The molecule has 0 saturated heterocycles. The molecule has 1 N–H and O–H groups in total. The lowest BCUT2D eigenvalue weighted by Gasteiger charge is -2.19. The van der Waals surface area contributed by atoms with Crippen molar-refractivity contribution in [1.29, 1.82) is 0 Å². The molecular formula is C28H34O4. The van der Waals surface area contributed by atoms with Crippen LogP contribution in [0, 0.1) is 5.41 Å². The Labute approximate surface area is 191 Å². The maximum atomic E-state index is 12.0. The molecule has 0 fully saturated rings. The van der Waals surface area contributed by atoms with Gasteiger partial charge in [-0.25, -0.2) is 0 Å². The Morgan fingerprint density at radius 3 is 2.16 bits per heavy atom. The number of fused-ring (bicyclic) bond motifs is 1. The molecule has 4 heteroatoms. The molecule has 0 bridgehead atoms. The molecule has 32 heavy (non-hydrogen) atoms. The van der Waals surface area contributed by atoms with Crippen LogP contribution >= 0.6 is 0 Å². The van der Waals surface area contributed by atoms with E-state index in [1.54, 1.807) is 20.8 Å². The van der Waals surface area contributed by atoms with Crippen molar-refractivity contribution in [3.05, 3.63) is 77.9 Å². The van der Waals surface area contributed by atoms with E-state index in [0.29, 0.717) is 17.7 Å². The first-order chi connectivity index (χ1) is 15.2. The molecule has 1 atom stereocenters. The predicted octanol–water partition coefficient (Wildman–Crippen LogP) is 6.95. The fourth-order valence-electron chi connectivity index (χ4n) is 3.07. The highest BCUT2D eigenvalue weighted by molar-refractivity contribution is 6.03. The summed E-state index contributed by atoms with van der Waals surface area (Å²) in [7, 11) is 0. The van der Waals surface area contributed by atoms with E-state index in [9.17, 15) is 9.59 Å². The van der Waals surface area contributed by atoms with Gasteiger partial charge in [0, 0.05) is 5.39 Å². The number of aryl methyl sites for hydroxylation is 1. The quantitative estimate of drug-likeness (QED) is 0.390. The number of hydrogen-bond acceptors (Lipinski definition) is 3. The smallest absolute Gasteiger partial charge is 0.309 e. The first-order valence-corrected chi connectivity index (χ1v) is 11.1. The van der Waals surface area contributed by atoms with E-state index in [1.807, 2.05) is 49.4 Å². The third kappa shape index (κ3) is 6.94. The van der Waals surface area contributed by atoms with Crippen LogP contribution in [-0.2, 0) is 11.2 Å². The summed E-state index contributed by atoms with van der Waals surface area (Å²) in [4.78, 5) is 22.2. The van der Waals surface area contributed by atoms with E-state index >= 15 is 0 Å². The highest BCUT2D eigenvalue weighted by Gasteiger charge is 2.23.